The molecular formula is C19H17N5OS. The third-order valence-electron chi connectivity index (χ3n) is 4.05. The van der Waals surface area contributed by atoms with Crippen molar-refractivity contribution in [3.8, 4) is 10.6 Å². The van der Waals surface area contributed by atoms with E-state index < -0.39 is 0 Å². The highest BCUT2D eigenvalue weighted by molar-refractivity contribution is 7.19. The van der Waals surface area contributed by atoms with E-state index in [0.29, 0.717) is 5.56 Å². The summed E-state index contributed by atoms with van der Waals surface area (Å²) >= 11 is 1.48. The van der Waals surface area contributed by atoms with Gasteiger partial charge in [0.05, 0.1) is 0 Å². The molecule has 0 unspecified atom stereocenters. The number of fused-ring (bicyclic) bond motifs is 1. The summed E-state index contributed by atoms with van der Waals surface area (Å²) in [5.74, 6) is 0.708. The first-order valence-corrected chi connectivity index (χ1v) is 9.15. The molecule has 0 spiro atoms. The molecule has 2 aromatic heterocycles. The first-order chi connectivity index (χ1) is 12.6. The van der Waals surface area contributed by atoms with Gasteiger partial charge in [0, 0.05) is 23.2 Å². The second-order valence-corrected chi connectivity index (χ2v) is 6.93. The molecule has 7 heteroatoms. The number of hydrogen-bond donors (Lipinski definition) is 1. The lowest BCUT2D eigenvalue weighted by atomic mass is 10.1. The largest absolute Gasteiger partial charge is 0.322 e. The molecule has 0 fully saturated rings. The van der Waals surface area contributed by atoms with Crippen LogP contribution in [0, 0.1) is 6.92 Å². The third kappa shape index (κ3) is 3.09. The average Bonchev–Trinajstić information content (AvgIpc) is 3.23. The number of carbonyl (C=O) groups excluding carboxylic acids is 1. The van der Waals surface area contributed by atoms with Crippen LogP contribution in [0.5, 0.6) is 0 Å². The first-order valence-electron chi connectivity index (χ1n) is 8.33. The van der Waals surface area contributed by atoms with Gasteiger partial charge in [-0.1, -0.05) is 48.1 Å². The van der Waals surface area contributed by atoms with Crippen molar-refractivity contribution >= 4 is 27.9 Å². The van der Waals surface area contributed by atoms with E-state index in [4.69, 9.17) is 0 Å². The molecule has 0 atom stereocenters. The summed E-state index contributed by atoms with van der Waals surface area (Å²) in [6.45, 7) is 4.02. The lowest BCUT2D eigenvalue weighted by Gasteiger charge is -2.06. The number of anilines is 1. The maximum Gasteiger partial charge on any atom is 0.255 e. The number of benzene rings is 2. The molecule has 0 bridgehead atoms. The highest BCUT2D eigenvalue weighted by Crippen LogP contribution is 2.27. The van der Waals surface area contributed by atoms with Crippen LogP contribution >= 0.6 is 11.3 Å². The molecule has 0 aliphatic carbocycles. The van der Waals surface area contributed by atoms with Gasteiger partial charge in [0.1, 0.15) is 5.01 Å². The maximum atomic E-state index is 12.4. The van der Waals surface area contributed by atoms with Crippen LogP contribution in [-0.2, 0) is 6.42 Å². The lowest BCUT2D eigenvalue weighted by Crippen LogP contribution is -2.11. The topological polar surface area (TPSA) is 72.2 Å². The summed E-state index contributed by atoms with van der Waals surface area (Å²) in [6.07, 6.45) is 0.775. The Balaban J connectivity index is 1.60. The van der Waals surface area contributed by atoms with Crippen LogP contribution in [-0.4, -0.2) is 25.7 Å². The Bertz CT molecular complexity index is 1080. The summed E-state index contributed by atoms with van der Waals surface area (Å²) < 4.78 is 1.78. The Morgan fingerprint density at radius 1 is 1.15 bits per heavy atom. The predicted molar refractivity (Wildman–Crippen MR) is 103 cm³/mol. The zero-order valence-electron chi connectivity index (χ0n) is 14.4. The maximum absolute atomic E-state index is 12.4. The number of aromatic nitrogens is 4. The van der Waals surface area contributed by atoms with Crippen molar-refractivity contribution in [3.63, 3.8) is 0 Å². The van der Waals surface area contributed by atoms with Gasteiger partial charge in [-0.15, -0.1) is 10.2 Å². The molecule has 4 rings (SSSR count). The van der Waals surface area contributed by atoms with Crippen LogP contribution in [0.4, 0.5) is 5.69 Å². The van der Waals surface area contributed by atoms with Crippen molar-refractivity contribution in [1.29, 1.82) is 0 Å². The van der Waals surface area contributed by atoms with Gasteiger partial charge in [-0.2, -0.15) is 9.61 Å². The van der Waals surface area contributed by atoms with E-state index in [-0.39, 0.29) is 5.91 Å². The quantitative estimate of drug-likeness (QED) is 0.595. The van der Waals surface area contributed by atoms with E-state index in [9.17, 15) is 4.79 Å². The molecule has 0 saturated carbocycles. The Morgan fingerprint density at radius 3 is 2.73 bits per heavy atom. The van der Waals surface area contributed by atoms with Crippen molar-refractivity contribution in [1.82, 2.24) is 19.8 Å². The van der Waals surface area contributed by atoms with Crippen molar-refractivity contribution < 1.29 is 4.79 Å². The van der Waals surface area contributed by atoms with Crippen LogP contribution in [0.1, 0.15) is 28.7 Å². The Labute approximate surface area is 154 Å². The summed E-state index contributed by atoms with van der Waals surface area (Å²) in [5, 5.41) is 16.6. The normalized spacial score (nSPS) is 11.0. The number of nitrogens with zero attached hydrogens (tertiary/aromatic N) is 4. The summed E-state index contributed by atoms with van der Waals surface area (Å²) in [7, 11) is 0. The zero-order valence-corrected chi connectivity index (χ0v) is 15.2. The van der Waals surface area contributed by atoms with Gasteiger partial charge in [-0.05, 0) is 31.2 Å². The minimum atomic E-state index is -0.131. The molecule has 0 aliphatic rings. The fraction of sp³-hybridized carbons (Fsp3) is 0.158. The second-order valence-electron chi connectivity index (χ2n) is 5.97. The van der Waals surface area contributed by atoms with Gasteiger partial charge in [0.2, 0.25) is 4.96 Å². The number of hydrogen-bond acceptors (Lipinski definition) is 5. The monoisotopic (exact) mass is 363 g/mol. The Morgan fingerprint density at radius 2 is 1.96 bits per heavy atom. The first kappa shape index (κ1) is 16.4. The highest BCUT2D eigenvalue weighted by Gasteiger charge is 2.13. The molecule has 4 aromatic rings. The number of amides is 1. The third-order valence-corrected chi connectivity index (χ3v) is 5.00. The summed E-state index contributed by atoms with van der Waals surface area (Å²) in [6, 6.07) is 15.2. The van der Waals surface area contributed by atoms with Gasteiger partial charge < -0.3 is 5.32 Å². The molecule has 2 heterocycles. The van der Waals surface area contributed by atoms with Crippen molar-refractivity contribution in [2.75, 3.05) is 5.32 Å². The molecule has 0 saturated heterocycles. The van der Waals surface area contributed by atoms with Crippen molar-refractivity contribution in [3.05, 3.63) is 65.5 Å². The lowest BCUT2D eigenvalue weighted by molar-refractivity contribution is 0.102. The molecular weight excluding hydrogens is 346 g/mol. The molecule has 6 nitrogen and oxygen atoms in total. The molecule has 1 amide bonds. The summed E-state index contributed by atoms with van der Waals surface area (Å²) in [4.78, 5) is 13.2. The van der Waals surface area contributed by atoms with E-state index in [1.165, 1.54) is 11.3 Å². The molecule has 130 valence electrons. The van der Waals surface area contributed by atoms with E-state index in [0.717, 1.165) is 39.0 Å². The van der Waals surface area contributed by atoms with Crippen molar-refractivity contribution in [2.45, 2.75) is 20.3 Å². The van der Waals surface area contributed by atoms with Crippen molar-refractivity contribution in [2.24, 2.45) is 0 Å². The highest BCUT2D eigenvalue weighted by atomic mass is 32.1. The van der Waals surface area contributed by atoms with Crippen LogP contribution in [0.25, 0.3) is 15.5 Å². The van der Waals surface area contributed by atoms with Gasteiger partial charge >= 0.3 is 0 Å². The van der Waals surface area contributed by atoms with E-state index in [2.05, 4.69) is 20.6 Å². The van der Waals surface area contributed by atoms with Gasteiger partial charge in [0.15, 0.2) is 5.82 Å². The zero-order chi connectivity index (χ0) is 18.1. The van der Waals surface area contributed by atoms with Gasteiger partial charge in [-0.25, -0.2) is 0 Å². The SMILES string of the molecule is CCc1nnc2sc(-c3cccc(NC(=O)c4ccc(C)cc4)c3)nn12. The second kappa shape index (κ2) is 6.68. The van der Waals surface area contributed by atoms with Crippen LogP contribution in [0.2, 0.25) is 0 Å². The molecule has 1 N–H and O–H groups in total. The fourth-order valence-corrected chi connectivity index (χ4v) is 3.49. The van der Waals surface area contributed by atoms with Crippen LogP contribution in [0.3, 0.4) is 0 Å². The predicted octanol–water partition coefficient (Wildman–Crippen LogP) is 3.98. The number of rotatable bonds is 4. The minimum Gasteiger partial charge on any atom is -0.322 e. The van der Waals surface area contributed by atoms with Gasteiger partial charge in [-0.3, -0.25) is 4.79 Å². The Hall–Kier alpha value is -3.06. The van der Waals surface area contributed by atoms with Crippen LogP contribution in [0.15, 0.2) is 48.5 Å². The van der Waals surface area contributed by atoms with Crippen LogP contribution < -0.4 is 5.32 Å². The fourth-order valence-electron chi connectivity index (χ4n) is 2.63. The molecule has 2 aromatic carbocycles. The number of carbonyl (C=O) groups is 1. The van der Waals surface area contributed by atoms with E-state index >= 15 is 0 Å². The molecule has 0 aliphatic heterocycles. The van der Waals surface area contributed by atoms with Gasteiger partial charge in [0.25, 0.3) is 5.91 Å². The number of nitrogens with one attached hydrogen (secondary N) is 1. The summed E-state index contributed by atoms with van der Waals surface area (Å²) in [5.41, 5.74) is 3.42. The smallest absolute Gasteiger partial charge is 0.255 e. The molecule has 0 radical (unpaired) electrons. The minimum absolute atomic E-state index is 0.131. The van der Waals surface area contributed by atoms with E-state index in [1.54, 1.807) is 4.52 Å². The standard InChI is InChI=1S/C19H17N5OS/c1-3-16-21-22-19-24(16)23-18(26-19)14-5-4-6-15(11-14)20-17(25)13-9-7-12(2)8-10-13/h4-11H,3H2,1-2H3,(H,20,25). The molecule has 26 heavy (non-hydrogen) atoms. The Kier molecular flexibility index (Phi) is 4.22. The average molecular weight is 363 g/mol. The number of aryl methyl sites for hydroxylation is 2. The van der Waals surface area contributed by atoms with E-state index in [1.807, 2.05) is 62.4 Å².